The Morgan fingerprint density at radius 2 is 2.10 bits per heavy atom. The van der Waals surface area contributed by atoms with Crippen molar-refractivity contribution in [3.8, 4) is 6.07 Å². The molecule has 42 heavy (non-hydrogen) atoms. The van der Waals surface area contributed by atoms with Gasteiger partial charge in [-0.15, -0.1) is 11.8 Å². The number of fused-ring (bicyclic) bond motifs is 2. The number of benzene rings is 1. The molecule has 1 amide bonds. The molecule has 3 saturated heterocycles. The Morgan fingerprint density at radius 3 is 2.86 bits per heavy atom. The largest absolute Gasteiger partial charge is 0.348 e. The minimum Gasteiger partial charge on any atom is -0.348 e. The first-order valence-electron chi connectivity index (χ1n) is 15.2. The summed E-state index contributed by atoms with van der Waals surface area (Å²) < 4.78 is 21.1. The highest BCUT2D eigenvalue weighted by Crippen LogP contribution is 2.54. The van der Waals surface area contributed by atoms with Gasteiger partial charge in [0.25, 0.3) is 0 Å². The molecule has 4 fully saturated rings. The van der Waals surface area contributed by atoms with Crippen LogP contribution in [-0.2, 0) is 20.7 Å². The molecule has 1 spiro atoms. The number of amides is 1. The van der Waals surface area contributed by atoms with E-state index in [2.05, 4.69) is 40.1 Å². The van der Waals surface area contributed by atoms with Gasteiger partial charge in [0.1, 0.15) is 0 Å². The van der Waals surface area contributed by atoms with Gasteiger partial charge in [0, 0.05) is 31.6 Å². The predicted molar refractivity (Wildman–Crippen MR) is 159 cm³/mol. The molecule has 1 aromatic carbocycles. The number of hydrogen-bond acceptors (Lipinski definition) is 9. The first-order valence-corrected chi connectivity index (χ1v) is 16.0. The number of ketones is 1. The third kappa shape index (κ3) is 5.53. The molecule has 4 aliphatic heterocycles. The summed E-state index contributed by atoms with van der Waals surface area (Å²) in [6.45, 7) is 6.82. The first kappa shape index (κ1) is 29.7. The van der Waals surface area contributed by atoms with Gasteiger partial charge in [0.05, 0.1) is 42.1 Å². The van der Waals surface area contributed by atoms with Crippen LogP contribution in [0.5, 0.6) is 0 Å². The van der Waals surface area contributed by atoms with Gasteiger partial charge < -0.3 is 14.5 Å². The average Bonchev–Trinajstić information content (AvgIpc) is 3.42. The van der Waals surface area contributed by atoms with Crippen molar-refractivity contribution in [2.45, 2.75) is 79.4 Å². The first-order chi connectivity index (χ1) is 20.3. The van der Waals surface area contributed by atoms with Gasteiger partial charge in [-0.25, -0.2) is 4.39 Å². The molecule has 4 heterocycles. The van der Waals surface area contributed by atoms with Crippen molar-refractivity contribution in [3.63, 3.8) is 0 Å². The summed E-state index contributed by atoms with van der Waals surface area (Å²) in [7, 11) is 2.11. The molecule has 9 nitrogen and oxygen atoms in total. The van der Waals surface area contributed by atoms with E-state index in [1.807, 2.05) is 24.3 Å². The van der Waals surface area contributed by atoms with E-state index < -0.39 is 22.6 Å². The van der Waals surface area contributed by atoms with Gasteiger partial charge >= 0.3 is 0 Å². The van der Waals surface area contributed by atoms with Gasteiger partial charge in [0.15, 0.2) is 17.6 Å². The van der Waals surface area contributed by atoms with Crippen molar-refractivity contribution in [1.29, 1.82) is 5.26 Å². The molecule has 11 heteroatoms. The lowest BCUT2D eigenvalue weighted by Crippen LogP contribution is -2.75. The number of nitrogens with zero attached hydrogens (tertiary/aromatic N) is 4. The number of alkyl halides is 1. The summed E-state index contributed by atoms with van der Waals surface area (Å²) in [6, 6.07) is 9.35. The maximum Gasteiger partial charge on any atom is 0.246 e. The van der Waals surface area contributed by atoms with Crippen molar-refractivity contribution in [2.24, 2.45) is 5.92 Å². The third-order valence-corrected chi connectivity index (χ3v) is 11.5. The Kier molecular flexibility index (Phi) is 8.74. The van der Waals surface area contributed by atoms with Gasteiger partial charge in [0.2, 0.25) is 5.91 Å². The molecule has 7 unspecified atom stereocenters. The number of ether oxygens (including phenoxy) is 1. The van der Waals surface area contributed by atoms with Crippen LogP contribution in [0, 0.1) is 17.2 Å². The van der Waals surface area contributed by atoms with E-state index in [0.717, 1.165) is 31.4 Å². The highest BCUT2D eigenvalue weighted by Gasteiger charge is 2.57. The minimum atomic E-state index is -1.24. The van der Waals surface area contributed by atoms with E-state index in [4.69, 9.17) is 4.74 Å². The molecule has 2 N–H and O–H groups in total. The maximum absolute atomic E-state index is 15.5. The van der Waals surface area contributed by atoms with Crippen molar-refractivity contribution < 1.29 is 18.7 Å². The number of carbonyl (C=O) groups is 2. The molecule has 0 radical (unpaired) electrons. The zero-order valence-electron chi connectivity index (χ0n) is 24.2. The monoisotopic (exact) mass is 596 g/mol. The van der Waals surface area contributed by atoms with Crippen LogP contribution in [0.4, 0.5) is 4.39 Å². The summed E-state index contributed by atoms with van der Waals surface area (Å²) in [4.78, 5) is 33.3. The number of thioether (sulfide) groups is 1. The summed E-state index contributed by atoms with van der Waals surface area (Å²) in [5, 5.41) is 16.7. The second-order valence-electron chi connectivity index (χ2n) is 12.4. The molecule has 1 aliphatic carbocycles. The number of piperazine rings is 1. The van der Waals surface area contributed by atoms with Gasteiger partial charge in [-0.2, -0.15) is 5.26 Å². The number of Topliss-reactive ketones (excluding diaryl/α,β-unsaturated/α-hetero) is 1. The topological polar surface area (TPSA) is 101 Å². The molecular weight excluding hydrogens is 555 g/mol. The fourth-order valence-corrected chi connectivity index (χ4v) is 9.18. The highest BCUT2D eigenvalue weighted by atomic mass is 32.2. The zero-order chi connectivity index (χ0) is 29.4. The smallest absolute Gasteiger partial charge is 0.246 e. The van der Waals surface area contributed by atoms with Gasteiger partial charge in [-0.05, 0) is 62.9 Å². The van der Waals surface area contributed by atoms with Crippen LogP contribution in [0.3, 0.4) is 0 Å². The number of nitriles is 1. The average molecular weight is 597 g/mol. The maximum atomic E-state index is 15.5. The van der Waals surface area contributed by atoms with Crippen molar-refractivity contribution in [2.75, 3.05) is 39.8 Å². The van der Waals surface area contributed by atoms with Crippen LogP contribution in [0.2, 0.25) is 0 Å². The second kappa shape index (κ2) is 12.3. The number of rotatable bonds is 6. The number of likely N-dealkylation sites (tertiary alicyclic amines) is 1. The number of nitrogens with one attached hydrogen (secondary N) is 2. The van der Waals surface area contributed by atoms with Gasteiger partial charge in [-0.3, -0.25) is 25.1 Å². The van der Waals surface area contributed by atoms with E-state index >= 15 is 4.39 Å². The lowest BCUT2D eigenvalue weighted by Gasteiger charge is -2.55. The predicted octanol–water partition coefficient (Wildman–Crippen LogP) is 2.56. The van der Waals surface area contributed by atoms with Crippen LogP contribution < -0.4 is 10.6 Å². The highest BCUT2D eigenvalue weighted by molar-refractivity contribution is 8.01. The van der Waals surface area contributed by atoms with Crippen LogP contribution in [-0.4, -0.2) is 102 Å². The molecule has 6 rings (SSSR count). The van der Waals surface area contributed by atoms with Crippen molar-refractivity contribution in [3.05, 3.63) is 48.0 Å². The van der Waals surface area contributed by atoms with Crippen LogP contribution in [0.15, 0.2) is 36.9 Å². The SMILES string of the molecule is C=CC(=O)N1CCN(C2NC(OCC3CCCN3C)NC3C(=O)[C@]4(CCC32)Cc2ccccc2C(F)S4)CC1CC#N. The molecule has 8 atom stereocenters. The van der Waals surface area contributed by atoms with E-state index in [0.29, 0.717) is 50.7 Å². The number of likely N-dealkylation sites (N-methyl/N-ethyl adjacent to an activating group) is 1. The van der Waals surface area contributed by atoms with Crippen LogP contribution in [0.25, 0.3) is 0 Å². The Labute approximate surface area is 251 Å². The summed E-state index contributed by atoms with van der Waals surface area (Å²) in [5.74, 6) is -0.177. The quantitative estimate of drug-likeness (QED) is 0.480. The fourth-order valence-electron chi connectivity index (χ4n) is 7.71. The molecule has 226 valence electrons. The minimum absolute atomic E-state index is 0.0491. The molecule has 0 aromatic heterocycles. The van der Waals surface area contributed by atoms with E-state index in [-0.39, 0.29) is 36.2 Å². The Hall–Kier alpha value is -2.33. The molecule has 1 saturated carbocycles. The van der Waals surface area contributed by atoms with E-state index in [1.165, 1.54) is 17.8 Å². The summed E-state index contributed by atoms with van der Waals surface area (Å²) in [6.07, 6.45) is 4.88. The normalized spacial score (nSPS) is 37.2. The van der Waals surface area contributed by atoms with Crippen molar-refractivity contribution in [1.82, 2.24) is 25.3 Å². The standard InChI is InChI=1S/C31H41FN6O3S/c1-3-25(39)38-16-15-37(18-21(38)11-13-33)29-24-10-12-31(17-20-7-4-5-9-23(20)28(32)42-31)27(40)26(24)34-30(35-29)41-19-22-8-6-14-36(22)2/h3-5,7,9,21-22,24,26,28-30,34-35H,1,6,8,10-12,14-19H2,2H3/t21?,22?,24?,26?,28?,29?,30?,31-/m0/s1. The molecular formula is C31H41FN6O3S. The second-order valence-corrected chi connectivity index (χ2v) is 13.8. The Morgan fingerprint density at radius 1 is 1.26 bits per heavy atom. The van der Waals surface area contributed by atoms with Crippen molar-refractivity contribution >= 4 is 23.5 Å². The van der Waals surface area contributed by atoms with E-state index in [9.17, 15) is 14.9 Å². The lowest BCUT2D eigenvalue weighted by molar-refractivity contribution is -0.145. The van der Waals surface area contributed by atoms with E-state index in [1.54, 1.807) is 4.90 Å². The van der Waals surface area contributed by atoms with Gasteiger partial charge in [-0.1, -0.05) is 30.8 Å². The molecule has 0 bridgehead atoms. The summed E-state index contributed by atoms with van der Waals surface area (Å²) in [5.41, 5.74) is 0.358. The number of hydrogen-bond donors (Lipinski definition) is 2. The zero-order valence-corrected chi connectivity index (χ0v) is 25.0. The fraction of sp³-hybridized carbons (Fsp3) is 0.645. The number of carbonyl (C=O) groups excluding carboxylic acids is 2. The molecule has 5 aliphatic rings. The number of halogens is 1. The van der Waals surface area contributed by atoms with Crippen LogP contribution >= 0.6 is 11.8 Å². The summed E-state index contributed by atoms with van der Waals surface area (Å²) >= 11 is 1.17. The Balaban J connectivity index is 1.25. The third-order valence-electron chi connectivity index (χ3n) is 10.0. The van der Waals surface area contributed by atoms with Crippen LogP contribution in [0.1, 0.15) is 48.7 Å². The lowest BCUT2D eigenvalue weighted by atomic mass is 9.71. The Bertz CT molecular complexity index is 1250. The molecule has 1 aromatic rings.